The number of nitrogens with zero attached hydrogens (tertiary/aromatic N) is 1. The second-order valence-electron chi connectivity index (χ2n) is 5.42. The van der Waals surface area contributed by atoms with Gasteiger partial charge in [-0.3, -0.25) is 0 Å². The molecule has 2 N–H and O–H groups in total. The molecule has 0 radical (unpaired) electrons. The first-order valence-electron chi connectivity index (χ1n) is 6.85. The van der Waals surface area contributed by atoms with E-state index in [0.29, 0.717) is 12.6 Å². The second-order valence-corrected chi connectivity index (χ2v) is 5.85. The fourth-order valence-corrected chi connectivity index (χ4v) is 3.31. The lowest BCUT2D eigenvalue weighted by Gasteiger charge is -2.38. The van der Waals surface area contributed by atoms with E-state index in [4.69, 9.17) is 17.3 Å². The van der Waals surface area contributed by atoms with E-state index in [1.54, 1.807) is 0 Å². The quantitative estimate of drug-likeness (QED) is 0.901. The number of rotatable bonds is 3. The molecule has 100 valence electrons. The van der Waals surface area contributed by atoms with Crippen molar-refractivity contribution in [1.82, 2.24) is 0 Å². The predicted octanol–water partition coefficient (Wildman–Crippen LogP) is 3.81. The van der Waals surface area contributed by atoms with Gasteiger partial charge < -0.3 is 10.6 Å². The highest BCUT2D eigenvalue weighted by molar-refractivity contribution is 6.30. The van der Waals surface area contributed by atoms with E-state index in [0.717, 1.165) is 16.5 Å². The zero-order chi connectivity index (χ0) is 13.1. The summed E-state index contributed by atoms with van der Waals surface area (Å²) in [5, 5.41) is 0.768. The lowest BCUT2D eigenvalue weighted by molar-refractivity contribution is 0.321. The number of hydrogen-bond acceptors (Lipinski definition) is 2. The third kappa shape index (κ3) is 2.81. The van der Waals surface area contributed by atoms with E-state index in [1.165, 1.54) is 31.4 Å². The lowest BCUT2D eigenvalue weighted by atomic mass is 9.84. The molecule has 1 saturated carbocycles. The van der Waals surface area contributed by atoms with Gasteiger partial charge in [0.05, 0.1) is 0 Å². The van der Waals surface area contributed by atoms with Gasteiger partial charge in [0.2, 0.25) is 0 Å². The molecular weight excluding hydrogens is 244 g/mol. The number of hydrogen-bond donors (Lipinski definition) is 1. The molecule has 2 rings (SSSR count). The molecule has 1 fully saturated rings. The summed E-state index contributed by atoms with van der Waals surface area (Å²) in [4.78, 5) is 2.41. The van der Waals surface area contributed by atoms with Crippen molar-refractivity contribution in [2.24, 2.45) is 11.7 Å². The van der Waals surface area contributed by atoms with Crippen LogP contribution in [0.15, 0.2) is 18.2 Å². The minimum Gasteiger partial charge on any atom is -0.371 e. The van der Waals surface area contributed by atoms with Gasteiger partial charge in [0.25, 0.3) is 0 Å². The molecule has 1 aromatic carbocycles. The van der Waals surface area contributed by atoms with E-state index in [1.807, 2.05) is 12.1 Å². The van der Waals surface area contributed by atoms with Gasteiger partial charge in [-0.1, -0.05) is 31.4 Å². The molecule has 2 nitrogen and oxygen atoms in total. The standard InChI is InChI=1S/C15H23ClN2/c1-11-5-3-4-6-14(11)18(2)15-8-7-13(16)9-12(15)10-17/h7-9,11,14H,3-6,10,17H2,1-2H3. The Morgan fingerprint density at radius 1 is 1.33 bits per heavy atom. The fourth-order valence-electron chi connectivity index (χ4n) is 3.11. The fraction of sp³-hybridized carbons (Fsp3) is 0.600. The summed E-state index contributed by atoms with van der Waals surface area (Å²) in [6.07, 6.45) is 5.33. The van der Waals surface area contributed by atoms with Crippen molar-refractivity contribution in [2.75, 3.05) is 11.9 Å². The summed E-state index contributed by atoms with van der Waals surface area (Å²) in [6.45, 7) is 2.90. The number of halogens is 1. The number of benzene rings is 1. The molecule has 2 unspecified atom stereocenters. The van der Waals surface area contributed by atoms with Gasteiger partial charge >= 0.3 is 0 Å². The summed E-state index contributed by atoms with van der Waals surface area (Å²) in [5.41, 5.74) is 8.21. The predicted molar refractivity (Wildman–Crippen MR) is 79.2 cm³/mol. The first-order valence-corrected chi connectivity index (χ1v) is 7.22. The normalized spacial score (nSPS) is 24.0. The van der Waals surface area contributed by atoms with Crippen LogP contribution in [0.5, 0.6) is 0 Å². The molecule has 3 heteroatoms. The van der Waals surface area contributed by atoms with E-state index >= 15 is 0 Å². The molecule has 18 heavy (non-hydrogen) atoms. The van der Waals surface area contributed by atoms with Crippen LogP contribution in [-0.2, 0) is 6.54 Å². The minimum absolute atomic E-state index is 0.543. The molecule has 0 aromatic heterocycles. The van der Waals surface area contributed by atoms with Crippen LogP contribution in [-0.4, -0.2) is 13.1 Å². The zero-order valence-electron chi connectivity index (χ0n) is 11.3. The molecule has 1 aliphatic carbocycles. The van der Waals surface area contributed by atoms with Gasteiger partial charge in [-0.15, -0.1) is 0 Å². The van der Waals surface area contributed by atoms with Crippen molar-refractivity contribution in [3.63, 3.8) is 0 Å². The molecule has 1 aromatic rings. The van der Waals surface area contributed by atoms with Crippen LogP contribution in [0.1, 0.15) is 38.2 Å². The smallest absolute Gasteiger partial charge is 0.0412 e. The SMILES string of the molecule is CC1CCCCC1N(C)c1ccc(Cl)cc1CN. The van der Waals surface area contributed by atoms with E-state index < -0.39 is 0 Å². The summed E-state index contributed by atoms with van der Waals surface area (Å²) < 4.78 is 0. The molecule has 0 aliphatic heterocycles. The lowest BCUT2D eigenvalue weighted by Crippen LogP contribution is -2.39. The maximum absolute atomic E-state index is 6.04. The molecule has 0 heterocycles. The molecule has 0 spiro atoms. The maximum Gasteiger partial charge on any atom is 0.0412 e. The largest absolute Gasteiger partial charge is 0.371 e. The summed E-state index contributed by atoms with van der Waals surface area (Å²) in [7, 11) is 2.19. The topological polar surface area (TPSA) is 29.3 Å². The Balaban J connectivity index is 2.24. The van der Waals surface area contributed by atoms with Crippen LogP contribution in [0, 0.1) is 5.92 Å². The Kier molecular flexibility index (Phi) is 4.52. The van der Waals surface area contributed by atoms with Crippen LogP contribution in [0.4, 0.5) is 5.69 Å². The molecule has 0 amide bonds. The Morgan fingerprint density at radius 2 is 2.06 bits per heavy atom. The highest BCUT2D eigenvalue weighted by Crippen LogP contribution is 2.32. The summed E-state index contributed by atoms with van der Waals surface area (Å²) in [6, 6.07) is 6.68. The first-order chi connectivity index (χ1) is 8.63. The molecule has 0 saturated heterocycles. The van der Waals surface area contributed by atoms with Gasteiger partial charge in [-0.2, -0.15) is 0 Å². The highest BCUT2D eigenvalue weighted by Gasteiger charge is 2.26. The first kappa shape index (κ1) is 13.7. The van der Waals surface area contributed by atoms with Crippen molar-refractivity contribution in [1.29, 1.82) is 0 Å². The van der Waals surface area contributed by atoms with Gasteiger partial charge in [0.1, 0.15) is 0 Å². The monoisotopic (exact) mass is 266 g/mol. The summed E-state index contributed by atoms with van der Waals surface area (Å²) in [5.74, 6) is 0.755. The second kappa shape index (κ2) is 5.94. The average molecular weight is 267 g/mol. The van der Waals surface area contributed by atoms with Gasteiger partial charge in [0.15, 0.2) is 0 Å². The van der Waals surface area contributed by atoms with Crippen molar-refractivity contribution < 1.29 is 0 Å². The van der Waals surface area contributed by atoms with Crippen LogP contribution in [0.3, 0.4) is 0 Å². The molecule has 0 bridgehead atoms. The van der Waals surface area contributed by atoms with Crippen molar-refractivity contribution >= 4 is 17.3 Å². The Bertz CT molecular complexity index is 405. The molecule has 2 atom stereocenters. The summed E-state index contributed by atoms with van der Waals surface area (Å²) >= 11 is 6.04. The van der Waals surface area contributed by atoms with Gasteiger partial charge in [-0.05, 0) is 42.5 Å². The number of nitrogens with two attached hydrogens (primary N) is 1. The minimum atomic E-state index is 0.543. The third-order valence-corrected chi connectivity index (χ3v) is 4.44. The van der Waals surface area contributed by atoms with Crippen LogP contribution in [0.25, 0.3) is 0 Å². The van der Waals surface area contributed by atoms with E-state index in [9.17, 15) is 0 Å². The van der Waals surface area contributed by atoms with Crippen molar-refractivity contribution in [3.8, 4) is 0 Å². The van der Waals surface area contributed by atoms with E-state index in [-0.39, 0.29) is 0 Å². The van der Waals surface area contributed by atoms with Gasteiger partial charge in [0, 0.05) is 30.3 Å². The average Bonchev–Trinajstić information content (AvgIpc) is 2.38. The van der Waals surface area contributed by atoms with Crippen LogP contribution < -0.4 is 10.6 Å². The highest BCUT2D eigenvalue weighted by atomic mass is 35.5. The Labute approximate surface area is 115 Å². The zero-order valence-corrected chi connectivity index (χ0v) is 12.1. The van der Waals surface area contributed by atoms with E-state index in [2.05, 4.69) is 24.9 Å². The number of anilines is 1. The maximum atomic E-state index is 6.04. The Morgan fingerprint density at radius 3 is 2.72 bits per heavy atom. The van der Waals surface area contributed by atoms with Gasteiger partial charge in [-0.25, -0.2) is 0 Å². The van der Waals surface area contributed by atoms with Crippen molar-refractivity contribution in [3.05, 3.63) is 28.8 Å². The third-order valence-electron chi connectivity index (χ3n) is 4.21. The Hall–Kier alpha value is -0.730. The van der Waals surface area contributed by atoms with Crippen LogP contribution in [0.2, 0.25) is 5.02 Å². The van der Waals surface area contributed by atoms with Crippen molar-refractivity contribution in [2.45, 2.75) is 45.2 Å². The molecular formula is C15H23ClN2. The molecule has 1 aliphatic rings. The van der Waals surface area contributed by atoms with Crippen LogP contribution >= 0.6 is 11.6 Å².